The lowest BCUT2D eigenvalue weighted by Gasteiger charge is -2.04. The monoisotopic (exact) mass is 374 g/mol. The zero-order chi connectivity index (χ0) is 15.0. The van der Waals surface area contributed by atoms with E-state index in [1.807, 2.05) is 24.3 Å². The Kier molecular flexibility index (Phi) is 3.58. The quantitative estimate of drug-likeness (QED) is 0.613. The van der Waals surface area contributed by atoms with Gasteiger partial charge in [-0.05, 0) is 35.0 Å². The van der Waals surface area contributed by atoms with Gasteiger partial charge in [0.1, 0.15) is 5.75 Å². The van der Waals surface area contributed by atoms with Gasteiger partial charge in [0.2, 0.25) is 0 Å². The van der Waals surface area contributed by atoms with Crippen molar-refractivity contribution in [1.29, 1.82) is 0 Å². The molecule has 3 nitrogen and oxygen atoms in total. The van der Waals surface area contributed by atoms with E-state index in [0.717, 1.165) is 15.2 Å². The molecule has 0 radical (unpaired) electrons. The third-order valence-electron chi connectivity index (χ3n) is 2.64. The lowest BCUT2D eigenvalue weighted by atomic mass is 10.1. The van der Waals surface area contributed by atoms with Crippen molar-refractivity contribution in [2.45, 2.75) is 6.18 Å². The summed E-state index contributed by atoms with van der Waals surface area (Å²) >= 11 is 3.94. The Bertz CT molecular complexity index is 803. The summed E-state index contributed by atoms with van der Waals surface area (Å²) in [7, 11) is 0. The summed E-state index contributed by atoms with van der Waals surface area (Å²) in [5, 5.41) is 1.76. The molecule has 0 saturated carbocycles. The maximum atomic E-state index is 12.4. The summed E-state index contributed by atoms with van der Waals surface area (Å²) in [4.78, 5) is 3.32. The number of benzene rings is 2. The molecule has 0 unspecified atom stereocenters. The van der Waals surface area contributed by atoms with Crippen LogP contribution in [0.3, 0.4) is 0 Å². The number of hydrogen-bond donors (Lipinski definition) is 0. The highest BCUT2D eigenvalue weighted by atomic mass is 79.9. The summed E-state index contributed by atoms with van der Waals surface area (Å²) in [6.45, 7) is 0. The zero-order valence-electron chi connectivity index (χ0n) is 10.2. The van der Waals surface area contributed by atoms with E-state index in [0.29, 0.717) is 17.3 Å². The van der Waals surface area contributed by atoms with Crippen LogP contribution in [0.1, 0.15) is 5.82 Å². The molecule has 108 valence electrons. The molecule has 1 aromatic heterocycles. The van der Waals surface area contributed by atoms with Gasteiger partial charge in [-0.2, -0.15) is 22.5 Å². The molecular formula is C13H6BrF3N2OS. The van der Waals surface area contributed by atoms with Crippen molar-refractivity contribution in [3.05, 3.63) is 46.7 Å². The minimum atomic E-state index is -4.56. The van der Waals surface area contributed by atoms with Gasteiger partial charge in [0, 0.05) is 16.0 Å². The van der Waals surface area contributed by atoms with Crippen molar-refractivity contribution >= 4 is 38.2 Å². The van der Waals surface area contributed by atoms with Gasteiger partial charge >= 0.3 is 6.18 Å². The Balaban J connectivity index is 1.88. The summed E-state index contributed by atoms with van der Waals surface area (Å²) in [5.74, 6) is -0.776. The maximum absolute atomic E-state index is 12.4. The molecule has 0 N–H and O–H groups in total. The number of rotatable bonds is 2. The lowest BCUT2D eigenvalue weighted by Crippen LogP contribution is -2.06. The van der Waals surface area contributed by atoms with Crippen LogP contribution in [0.2, 0.25) is 0 Å². The van der Waals surface area contributed by atoms with Crippen LogP contribution in [0.4, 0.5) is 13.2 Å². The Labute approximate surface area is 129 Å². The average molecular weight is 375 g/mol. The molecule has 0 aliphatic carbocycles. The van der Waals surface area contributed by atoms with Crippen LogP contribution in [0.25, 0.3) is 10.8 Å². The van der Waals surface area contributed by atoms with Crippen LogP contribution in [-0.4, -0.2) is 9.36 Å². The van der Waals surface area contributed by atoms with Gasteiger partial charge in [-0.25, -0.2) is 0 Å². The van der Waals surface area contributed by atoms with Crippen LogP contribution in [0.5, 0.6) is 10.9 Å². The van der Waals surface area contributed by atoms with Gasteiger partial charge < -0.3 is 4.74 Å². The van der Waals surface area contributed by atoms with Gasteiger partial charge in [0.15, 0.2) is 0 Å². The van der Waals surface area contributed by atoms with Crippen molar-refractivity contribution in [1.82, 2.24) is 9.36 Å². The van der Waals surface area contributed by atoms with Crippen molar-refractivity contribution in [2.24, 2.45) is 0 Å². The number of ether oxygens (including phenoxy) is 1. The molecule has 0 amide bonds. The Hall–Kier alpha value is -1.67. The van der Waals surface area contributed by atoms with Gasteiger partial charge in [-0.3, -0.25) is 0 Å². The van der Waals surface area contributed by atoms with Crippen molar-refractivity contribution in [3.63, 3.8) is 0 Å². The van der Waals surface area contributed by atoms with E-state index in [-0.39, 0.29) is 5.19 Å². The highest BCUT2D eigenvalue weighted by Crippen LogP contribution is 2.32. The smallest absolute Gasteiger partial charge is 0.430 e. The van der Waals surface area contributed by atoms with E-state index in [9.17, 15) is 13.2 Å². The largest absolute Gasteiger partial charge is 0.452 e. The molecule has 0 aliphatic heterocycles. The number of fused-ring (bicyclic) bond motifs is 1. The number of alkyl halides is 3. The summed E-state index contributed by atoms with van der Waals surface area (Å²) in [5.41, 5.74) is 0. The van der Waals surface area contributed by atoms with E-state index in [1.54, 1.807) is 12.1 Å². The second-order valence-corrected chi connectivity index (χ2v) is 5.77. The van der Waals surface area contributed by atoms with E-state index < -0.39 is 12.0 Å². The van der Waals surface area contributed by atoms with E-state index in [2.05, 4.69) is 25.3 Å². The van der Waals surface area contributed by atoms with E-state index in [1.165, 1.54) is 0 Å². The lowest BCUT2D eigenvalue weighted by molar-refractivity contribution is -0.144. The molecule has 0 bridgehead atoms. The number of aromatic nitrogens is 2. The molecule has 0 spiro atoms. The first-order chi connectivity index (χ1) is 9.91. The van der Waals surface area contributed by atoms with Crippen molar-refractivity contribution < 1.29 is 17.9 Å². The second kappa shape index (κ2) is 5.27. The fourth-order valence-corrected chi connectivity index (χ4v) is 2.67. The van der Waals surface area contributed by atoms with E-state index in [4.69, 9.17) is 4.74 Å². The number of nitrogens with zero attached hydrogens (tertiary/aromatic N) is 2. The Morgan fingerprint density at radius 2 is 1.76 bits per heavy atom. The SMILES string of the molecule is FC(F)(F)c1nsc(Oc2ccc3cc(Br)ccc3c2)n1. The van der Waals surface area contributed by atoms with E-state index >= 15 is 0 Å². The predicted molar refractivity (Wildman–Crippen MR) is 76.6 cm³/mol. The van der Waals surface area contributed by atoms with Crippen LogP contribution in [-0.2, 0) is 6.18 Å². The van der Waals surface area contributed by atoms with Crippen molar-refractivity contribution in [3.8, 4) is 10.9 Å². The minimum Gasteiger partial charge on any atom is -0.430 e. The van der Waals surface area contributed by atoms with Crippen LogP contribution in [0, 0.1) is 0 Å². The topological polar surface area (TPSA) is 35.0 Å². The zero-order valence-corrected chi connectivity index (χ0v) is 12.6. The molecule has 0 atom stereocenters. The van der Waals surface area contributed by atoms with Gasteiger partial charge in [0.25, 0.3) is 11.0 Å². The molecule has 8 heteroatoms. The fourth-order valence-electron chi connectivity index (χ4n) is 1.73. The summed E-state index contributed by atoms with van der Waals surface area (Å²) in [6.07, 6.45) is -4.56. The Morgan fingerprint density at radius 1 is 1.05 bits per heavy atom. The summed E-state index contributed by atoms with van der Waals surface area (Å²) in [6, 6.07) is 10.9. The fraction of sp³-hybridized carbons (Fsp3) is 0.0769. The van der Waals surface area contributed by atoms with Gasteiger partial charge in [-0.1, -0.05) is 28.1 Å². The standard InChI is InChI=1S/C13H6BrF3N2OS/c14-9-3-1-8-6-10(4-2-7(8)5-9)20-12-18-11(19-21-12)13(15,16)17/h1-6H. The van der Waals surface area contributed by atoms with Crippen molar-refractivity contribution in [2.75, 3.05) is 0 Å². The molecule has 0 saturated heterocycles. The predicted octanol–water partition coefficient (Wildman–Crippen LogP) is 5.26. The molecule has 0 fully saturated rings. The van der Waals surface area contributed by atoms with Gasteiger partial charge in [-0.15, -0.1) is 0 Å². The molecule has 21 heavy (non-hydrogen) atoms. The van der Waals surface area contributed by atoms with Crippen LogP contribution in [0.15, 0.2) is 40.9 Å². The first-order valence-electron chi connectivity index (χ1n) is 5.70. The third-order valence-corrected chi connectivity index (χ3v) is 3.73. The molecule has 3 aromatic rings. The van der Waals surface area contributed by atoms with Crippen LogP contribution < -0.4 is 4.74 Å². The summed E-state index contributed by atoms with van der Waals surface area (Å²) < 4.78 is 46.7. The molecular weight excluding hydrogens is 369 g/mol. The highest BCUT2D eigenvalue weighted by molar-refractivity contribution is 9.10. The molecule has 0 aliphatic rings. The molecule has 3 rings (SSSR count). The van der Waals surface area contributed by atoms with Crippen LogP contribution >= 0.6 is 27.5 Å². The first-order valence-corrected chi connectivity index (χ1v) is 7.26. The molecule has 1 heterocycles. The second-order valence-electron chi connectivity index (χ2n) is 4.14. The number of halogens is 4. The number of hydrogen-bond acceptors (Lipinski definition) is 4. The van der Waals surface area contributed by atoms with Gasteiger partial charge in [0.05, 0.1) is 0 Å². The highest BCUT2D eigenvalue weighted by Gasteiger charge is 2.36. The minimum absolute atomic E-state index is 0.140. The first kappa shape index (κ1) is 14.3. The Morgan fingerprint density at radius 3 is 2.48 bits per heavy atom. The third kappa shape index (κ3) is 3.16. The molecule has 2 aromatic carbocycles. The maximum Gasteiger partial charge on any atom is 0.452 e. The average Bonchev–Trinajstić information content (AvgIpc) is 2.87. The normalized spacial score (nSPS) is 11.8.